The average Bonchev–Trinajstić information content (AvgIpc) is 3.36. The van der Waals surface area contributed by atoms with Gasteiger partial charge in [-0.25, -0.2) is 4.79 Å². The molecule has 0 N–H and O–H groups in total. The molecule has 0 spiro atoms. The van der Waals surface area contributed by atoms with Gasteiger partial charge in [-0.15, -0.1) is 0 Å². The summed E-state index contributed by atoms with van der Waals surface area (Å²) in [5.74, 6) is -1.62. The van der Waals surface area contributed by atoms with Crippen LogP contribution in [0.5, 0.6) is 0 Å². The molecule has 0 atom stereocenters. The van der Waals surface area contributed by atoms with Gasteiger partial charge in [-0.1, -0.05) is 37.5 Å². The van der Waals surface area contributed by atoms with Crippen molar-refractivity contribution in [2.45, 2.75) is 44.6 Å². The lowest BCUT2D eigenvalue weighted by atomic mass is 9.94. The molecule has 1 fully saturated rings. The third kappa shape index (κ3) is 3.47. The molecular formula is C25H24N2O5. The van der Waals surface area contributed by atoms with Crippen LogP contribution in [0.2, 0.25) is 0 Å². The van der Waals surface area contributed by atoms with Crippen molar-refractivity contribution in [1.82, 2.24) is 4.90 Å². The van der Waals surface area contributed by atoms with Crippen LogP contribution in [0, 0.1) is 0 Å². The van der Waals surface area contributed by atoms with Crippen LogP contribution < -0.4 is 4.90 Å². The van der Waals surface area contributed by atoms with Crippen molar-refractivity contribution in [1.29, 1.82) is 0 Å². The largest absolute Gasteiger partial charge is 0.452 e. The number of fused-ring (bicyclic) bond motifs is 2. The first kappa shape index (κ1) is 20.4. The van der Waals surface area contributed by atoms with E-state index in [0.29, 0.717) is 12.1 Å². The molecule has 2 aromatic carbocycles. The predicted octanol–water partition coefficient (Wildman–Crippen LogP) is 3.36. The van der Waals surface area contributed by atoms with E-state index in [4.69, 9.17) is 4.74 Å². The quantitative estimate of drug-likeness (QED) is 0.546. The summed E-state index contributed by atoms with van der Waals surface area (Å²) >= 11 is 0. The lowest BCUT2D eigenvalue weighted by molar-refractivity contribution is -0.121. The second-order valence-electron chi connectivity index (χ2n) is 8.53. The van der Waals surface area contributed by atoms with E-state index < -0.39 is 5.97 Å². The molecule has 0 bridgehead atoms. The van der Waals surface area contributed by atoms with Gasteiger partial charge >= 0.3 is 5.97 Å². The zero-order valence-corrected chi connectivity index (χ0v) is 17.7. The third-order valence-corrected chi connectivity index (χ3v) is 6.61. The number of para-hydroxylation sites is 1. The van der Waals surface area contributed by atoms with Gasteiger partial charge in [0.1, 0.15) is 0 Å². The first-order valence-corrected chi connectivity index (χ1v) is 11.1. The molecule has 7 nitrogen and oxygen atoms in total. The summed E-state index contributed by atoms with van der Waals surface area (Å²) in [6.07, 6.45) is 5.55. The second-order valence-corrected chi connectivity index (χ2v) is 8.53. The van der Waals surface area contributed by atoms with E-state index in [1.807, 2.05) is 24.3 Å². The summed E-state index contributed by atoms with van der Waals surface area (Å²) in [6.45, 7) is 0.174. The van der Waals surface area contributed by atoms with Crippen LogP contribution in [-0.2, 0) is 16.0 Å². The molecule has 3 aliphatic rings. The minimum Gasteiger partial charge on any atom is -0.452 e. The molecule has 0 saturated heterocycles. The van der Waals surface area contributed by atoms with Gasteiger partial charge < -0.3 is 9.64 Å². The van der Waals surface area contributed by atoms with Crippen molar-refractivity contribution < 1.29 is 23.9 Å². The number of nitrogens with zero attached hydrogens (tertiary/aromatic N) is 2. The second kappa shape index (κ2) is 8.22. The molecule has 164 valence electrons. The molecule has 32 heavy (non-hydrogen) atoms. The molecule has 2 aliphatic heterocycles. The Labute approximate surface area is 185 Å². The van der Waals surface area contributed by atoms with E-state index in [9.17, 15) is 19.2 Å². The highest BCUT2D eigenvalue weighted by atomic mass is 16.5. The first-order valence-electron chi connectivity index (χ1n) is 11.1. The SMILES string of the molecule is O=C(OCC(=O)N1CCc2ccccc21)c1ccc2c(c1)C(=O)N(C1CCCCC1)C2=O. The molecule has 0 unspecified atom stereocenters. The number of hydrogen-bond acceptors (Lipinski definition) is 5. The summed E-state index contributed by atoms with van der Waals surface area (Å²) in [4.78, 5) is 53.9. The van der Waals surface area contributed by atoms with Crippen LogP contribution in [0.25, 0.3) is 0 Å². The molecule has 1 saturated carbocycles. The van der Waals surface area contributed by atoms with E-state index in [1.165, 1.54) is 23.1 Å². The standard InChI is InChI=1S/C25H24N2O5/c28-22(26-13-12-16-6-4-5-9-21(16)26)15-32-25(31)17-10-11-19-20(14-17)24(30)27(23(19)29)18-7-2-1-3-8-18/h4-6,9-11,14,18H,1-3,7-8,12-13,15H2. The van der Waals surface area contributed by atoms with Gasteiger partial charge in [-0.2, -0.15) is 0 Å². The van der Waals surface area contributed by atoms with Crippen molar-refractivity contribution in [3.8, 4) is 0 Å². The summed E-state index contributed by atoms with van der Waals surface area (Å²) < 4.78 is 5.24. The van der Waals surface area contributed by atoms with E-state index in [2.05, 4.69) is 0 Å². The number of esters is 1. The fourth-order valence-electron chi connectivity index (χ4n) is 4.94. The van der Waals surface area contributed by atoms with Crippen molar-refractivity contribution >= 4 is 29.4 Å². The maximum Gasteiger partial charge on any atom is 0.338 e. The van der Waals surface area contributed by atoms with Crippen molar-refractivity contribution in [3.05, 3.63) is 64.7 Å². The van der Waals surface area contributed by atoms with Crippen LogP contribution in [0.4, 0.5) is 5.69 Å². The zero-order valence-electron chi connectivity index (χ0n) is 17.7. The lowest BCUT2D eigenvalue weighted by Gasteiger charge is -2.29. The van der Waals surface area contributed by atoms with Gasteiger partial charge in [0, 0.05) is 18.3 Å². The Bertz CT molecular complexity index is 1120. The van der Waals surface area contributed by atoms with Crippen molar-refractivity contribution in [2.24, 2.45) is 0 Å². The molecule has 1 aliphatic carbocycles. The Morgan fingerprint density at radius 2 is 1.69 bits per heavy atom. The van der Waals surface area contributed by atoms with Crippen molar-refractivity contribution in [2.75, 3.05) is 18.1 Å². The summed E-state index contributed by atoms with van der Waals surface area (Å²) in [6, 6.07) is 12.0. The molecule has 0 aromatic heterocycles. The number of carbonyl (C=O) groups excluding carboxylic acids is 4. The molecule has 0 radical (unpaired) electrons. The highest BCUT2D eigenvalue weighted by Gasteiger charge is 2.40. The predicted molar refractivity (Wildman–Crippen MR) is 117 cm³/mol. The lowest BCUT2D eigenvalue weighted by Crippen LogP contribution is -2.40. The number of ether oxygens (including phenoxy) is 1. The first-order chi connectivity index (χ1) is 15.5. The Morgan fingerprint density at radius 1 is 0.938 bits per heavy atom. The number of hydrogen-bond donors (Lipinski definition) is 0. The zero-order chi connectivity index (χ0) is 22.2. The van der Waals surface area contributed by atoms with Crippen LogP contribution in [0.15, 0.2) is 42.5 Å². The van der Waals surface area contributed by atoms with Crippen LogP contribution in [-0.4, -0.2) is 47.8 Å². The smallest absolute Gasteiger partial charge is 0.338 e. The van der Waals surface area contributed by atoms with Gasteiger partial charge in [0.15, 0.2) is 6.61 Å². The molecule has 3 amide bonds. The minimum absolute atomic E-state index is 0.0764. The number of imide groups is 1. The Hall–Kier alpha value is -3.48. The monoisotopic (exact) mass is 432 g/mol. The van der Waals surface area contributed by atoms with Gasteiger partial charge in [0.2, 0.25) is 0 Å². The summed E-state index contributed by atoms with van der Waals surface area (Å²) in [5, 5.41) is 0. The average molecular weight is 432 g/mol. The van der Waals surface area contributed by atoms with E-state index >= 15 is 0 Å². The maximum atomic E-state index is 12.9. The Morgan fingerprint density at radius 3 is 2.50 bits per heavy atom. The Balaban J connectivity index is 1.26. The van der Waals surface area contributed by atoms with E-state index in [0.717, 1.165) is 49.8 Å². The maximum absolute atomic E-state index is 12.9. The number of carbonyl (C=O) groups is 4. The summed E-state index contributed by atoms with van der Waals surface area (Å²) in [7, 11) is 0. The highest BCUT2D eigenvalue weighted by Crippen LogP contribution is 2.32. The fourth-order valence-corrected chi connectivity index (χ4v) is 4.94. The fraction of sp³-hybridized carbons (Fsp3) is 0.360. The van der Waals surface area contributed by atoms with Crippen LogP contribution in [0.1, 0.15) is 68.7 Å². The normalized spacial score (nSPS) is 18.0. The van der Waals surface area contributed by atoms with E-state index in [-0.39, 0.29) is 41.5 Å². The molecular weight excluding hydrogens is 408 g/mol. The topological polar surface area (TPSA) is 84.0 Å². The molecule has 2 heterocycles. The molecule has 2 aromatic rings. The highest BCUT2D eigenvalue weighted by molar-refractivity contribution is 6.22. The van der Waals surface area contributed by atoms with Crippen molar-refractivity contribution in [3.63, 3.8) is 0 Å². The van der Waals surface area contributed by atoms with Gasteiger partial charge in [0.05, 0.1) is 16.7 Å². The van der Waals surface area contributed by atoms with Gasteiger partial charge in [-0.3, -0.25) is 19.3 Å². The molecule has 7 heteroatoms. The minimum atomic E-state index is -0.690. The van der Waals surface area contributed by atoms with Gasteiger partial charge in [-0.05, 0) is 49.1 Å². The number of amides is 3. The number of benzene rings is 2. The van der Waals surface area contributed by atoms with Crippen LogP contribution in [0.3, 0.4) is 0 Å². The van der Waals surface area contributed by atoms with Gasteiger partial charge in [0.25, 0.3) is 17.7 Å². The molecule has 5 rings (SSSR count). The number of anilines is 1. The Kier molecular flexibility index (Phi) is 5.25. The van der Waals surface area contributed by atoms with Crippen LogP contribution >= 0.6 is 0 Å². The van der Waals surface area contributed by atoms with E-state index in [1.54, 1.807) is 4.90 Å². The number of rotatable bonds is 4. The summed E-state index contributed by atoms with van der Waals surface area (Å²) in [5.41, 5.74) is 2.65. The third-order valence-electron chi connectivity index (χ3n) is 6.61.